The molecule has 0 aliphatic carbocycles. The molecule has 0 radical (unpaired) electrons. The van der Waals surface area contributed by atoms with Gasteiger partial charge in [0.15, 0.2) is 0 Å². The van der Waals surface area contributed by atoms with Crippen LogP contribution in [0.3, 0.4) is 0 Å². The molecule has 0 saturated heterocycles. The van der Waals surface area contributed by atoms with Gasteiger partial charge in [-0.2, -0.15) is 0 Å². The van der Waals surface area contributed by atoms with E-state index >= 15 is 0 Å². The molecule has 0 fully saturated rings. The third kappa shape index (κ3) is 2.28. The molecule has 4 rings (SSSR count). The average molecular weight is 313 g/mol. The van der Waals surface area contributed by atoms with E-state index in [1.165, 1.54) is 21.7 Å². The van der Waals surface area contributed by atoms with Crippen LogP contribution in [0.4, 0.5) is 0 Å². The molecule has 0 saturated carbocycles. The van der Waals surface area contributed by atoms with Gasteiger partial charge in [-0.3, -0.25) is 0 Å². The summed E-state index contributed by atoms with van der Waals surface area (Å²) in [5.74, 6) is 0.875. The second kappa shape index (κ2) is 5.57. The third-order valence-corrected chi connectivity index (χ3v) is 4.66. The van der Waals surface area contributed by atoms with E-state index in [0.717, 1.165) is 28.1 Å². The summed E-state index contributed by atoms with van der Waals surface area (Å²) < 4.78 is 5.30. The molecule has 1 aromatic heterocycles. The summed E-state index contributed by atoms with van der Waals surface area (Å²) >= 11 is 0. The maximum atomic E-state index is 5.30. The van der Waals surface area contributed by atoms with Gasteiger partial charge >= 0.3 is 0 Å². The number of ether oxygens (including phenoxy) is 1. The Morgan fingerprint density at radius 1 is 0.958 bits per heavy atom. The van der Waals surface area contributed by atoms with Crippen molar-refractivity contribution in [3.63, 3.8) is 0 Å². The van der Waals surface area contributed by atoms with Crippen LogP contribution in [0.5, 0.6) is 5.75 Å². The SMILES string of the molecule is C=C(c1ccc2cc(OC)ccc2c1)c1[nH]c2ccccc2c1C. The van der Waals surface area contributed by atoms with Gasteiger partial charge in [0.1, 0.15) is 5.75 Å². The highest BCUT2D eigenvalue weighted by molar-refractivity contribution is 5.94. The van der Waals surface area contributed by atoms with Crippen LogP contribution >= 0.6 is 0 Å². The number of fused-ring (bicyclic) bond motifs is 2. The van der Waals surface area contributed by atoms with E-state index in [1.807, 2.05) is 12.1 Å². The minimum Gasteiger partial charge on any atom is -0.497 e. The first kappa shape index (κ1) is 14.6. The van der Waals surface area contributed by atoms with Crippen molar-refractivity contribution >= 4 is 27.2 Å². The molecule has 0 amide bonds. The standard InChI is InChI=1S/C22H19NO/c1-14(22-15(2)20-6-4-5-7-21(20)23-22)16-8-9-18-13-19(24-3)11-10-17(18)12-16/h4-13,23H,1H2,2-3H3. The fraction of sp³-hybridized carbons (Fsp3) is 0.0909. The Bertz CT molecular complexity index is 1070. The molecule has 0 spiro atoms. The van der Waals surface area contributed by atoms with E-state index in [0.29, 0.717) is 0 Å². The molecular weight excluding hydrogens is 294 g/mol. The van der Waals surface area contributed by atoms with Crippen molar-refractivity contribution in [3.8, 4) is 5.75 Å². The molecule has 0 atom stereocenters. The Labute approximate surface area is 141 Å². The lowest BCUT2D eigenvalue weighted by atomic mass is 9.98. The lowest BCUT2D eigenvalue weighted by molar-refractivity contribution is 0.415. The zero-order chi connectivity index (χ0) is 16.7. The minimum atomic E-state index is 0.875. The second-order valence-electron chi connectivity index (χ2n) is 6.08. The molecule has 2 heteroatoms. The van der Waals surface area contributed by atoms with Gasteiger partial charge in [0.2, 0.25) is 0 Å². The number of methoxy groups -OCH3 is 1. The maximum Gasteiger partial charge on any atom is 0.119 e. The molecule has 0 aliphatic heterocycles. The van der Waals surface area contributed by atoms with Gasteiger partial charge < -0.3 is 9.72 Å². The second-order valence-corrected chi connectivity index (χ2v) is 6.08. The van der Waals surface area contributed by atoms with Crippen molar-refractivity contribution in [1.82, 2.24) is 4.98 Å². The van der Waals surface area contributed by atoms with Gasteiger partial charge in [-0.25, -0.2) is 0 Å². The van der Waals surface area contributed by atoms with Gasteiger partial charge in [-0.15, -0.1) is 0 Å². The van der Waals surface area contributed by atoms with Gasteiger partial charge in [0.05, 0.1) is 7.11 Å². The highest BCUT2D eigenvalue weighted by Crippen LogP contribution is 2.31. The number of H-pyrrole nitrogens is 1. The Morgan fingerprint density at radius 2 is 1.71 bits per heavy atom. The van der Waals surface area contributed by atoms with Crippen LogP contribution in [0.15, 0.2) is 67.2 Å². The molecule has 0 aliphatic rings. The van der Waals surface area contributed by atoms with Gasteiger partial charge in [0.25, 0.3) is 0 Å². The summed E-state index contributed by atoms with van der Waals surface area (Å²) in [6.07, 6.45) is 0. The van der Waals surface area contributed by atoms with Crippen LogP contribution in [-0.4, -0.2) is 12.1 Å². The zero-order valence-electron chi connectivity index (χ0n) is 13.9. The fourth-order valence-electron chi connectivity index (χ4n) is 3.27. The van der Waals surface area contributed by atoms with Crippen LogP contribution < -0.4 is 4.74 Å². The van der Waals surface area contributed by atoms with Crippen molar-refractivity contribution in [2.45, 2.75) is 6.92 Å². The van der Waals surface area contributed by atoms with Gasteiger partial charge in [0, 0.05) is 16.6 Å². The van der Waals surface area contributed by atoms with Crippen molar-refractivity contribution in [3.05, 3.63) is 84.1 Å². The van der Waals surface area contributed by atoms with Crippen molar-refractivity contribution in [2.75, 3.05) is 7.11 Å². The highest BCUT2D eigenvalue weighted by atomic mass is 16.5. The molecule has 0 bridgehead atoms. The largest absolute Gasteiger partial charge is 0.497 e. The minimum absolute atomic E-state index is 0.875. The van der Waals surface area contributed by atoms with E-state index in [1.54, 1.807) is 7.11 Å². The first-order chi connectivity index (χ1) is 11.7. The molecule has 1 heterocycles. The first-order valence-corrected chi connectivity index (χ1v) is 8.02. The first-order valence-electron chi connectivity index (χ1n) is 8.02. The van der Waals surface area contributed by atoms with Crippen LogP contribution in [-0.2, 0) is 0 Å². The van der Waals surface area contributed by atoms with Crippen LogP contribution in [0, 0.1) is 6.92 Å². The molecule has 1 N–H and O–H groups in total. The Hall–Kier alpha value is -3.00. The summed E-state index contributed by atoms with van der Waals surface area (Å²) in [5, 5.41) is 3.60. The van der Waals surface area contributed by atoms with Crippen LogP contribution in [0.25, 0.3) is 27.2 Å². The quantitative estimate of drug-likeness (QED) is 0.515. The van der Waals surface area contributed by atoms with E-state index in [4.69, 9.17) is 4.74 Å². The molecule has 0 unspecified atom stereocenters. The zero-order valence-corrected chi connectivity index (χ0v) is 13.9. The molecule has 2 nitrogen and oxygen atoms in total. The number of rotatable bonds is 3. The van der Waals surface area contributed by atoms with E-state index < -0.39 is 0 Å². The lowest BCUT2D eigenvalue weighted by Crippen LogP contribution is -1.90. The lowest BCUT2D eigenvalue weighted by Gasteiger charge is -2.08. The molecular formula is C22H19NO. The number of hydrogen-bond acceptors (Lipinski definition) is 1. The van der Waals surface area contributed by atoms with E-state index in [2.05, 4.69) is 67.0 Å². The van der Waals surface area contributed by atoms with Crippen molar-refractivity contribution in [2.24, 2.45) is 0 Å². The van der Waals surface area contributed by atoms with Gasteiger partial charge in [-0.1, -0.05) is 43.0 Å². The summed E-state index contributed by atoms with van der Waals surface area (Å²) in [6.45, 7) is 6.48. The smallest absolute Gasteiger partial charge is 0.119 e. The van der Waals surface area contributed by atoms with Crippen LogP contribution in [0.2, 0.25) is 0 Å². The van der Waals surface area contributed by atoms with E-state index in [9.17, 15) is 0 Å². The molecule has 4 aromatic rings. The van der Waals surface area contributed by atoms with E-state index in [-0.39, 0.29) is 0 Å². The maximum absolute atomic E-state index is 5.30. The number of para-hydroxylation sites is 1. The van der Waals surface area contributed by atoms with Gasteiger partial charge in [-0.05, 0) is 58.7 Å². The number of hydrogen-bond donors (Lipinski definition) is 1. The monoisotopic (exact) mass is 313 g/mol. The normalized spacial score (nSPS) is 11.1. The van der Waals surface area contributed by atoms with Crippen molar-refractivity contribution in [1.29, 1.82) is 0 Å². The Balaban J connectivity index is 1.80. The topological polar surface area (TPSA) is 25.0 Å². The summed E-state index contributed by atoms with van der Waals surface area (Å²) in [7, 11) is 1.69. The Morgan fingerprint density at radius 3 is 2.50 bits per heavy atom. The van der Waals surface area contributed by atoms with Crippen LogP contribution in [0.1, 0.15) is 16.8 Å². The summed E-state index contributed by atoms with van der Waals surface area (Å²) in [4.78, 5) is 3.51. The molecule has 24 heavy (non-hydrogen) atoms. The predicted molar refractivity (Wildman–Crippen MR) is 102 cm³/mol. The predicted octanol–water partition coefficient (Wildman–Crippen LogP) is 5.70. The Kier molecular flexibility index (Phi) is 3.39. The third-order valence-electron chi connectivity index (χ3n) is 4.66. The number of benzene rings is 3. The number of nitrogens with one attached hydrogen (secondary N) is 1. The number of aromatic amines is 1. The summed E-state index contributed by atoms with van der Waals surface area (Å²) in [6, 6.07) is 20.9. The average Bonchev–Trinajstić information content (AvgIpc) is 2.97. The summed E-state index contributed by atoms with van der Waals surface area (Å²) in [5.41, 5.74) is 5.63. The number of aryl methyl sites for hydroxylation is 1. The molecule has 3 aromatic carbocycles. The number of aromatic nitrogens is 1. The molecule has 118 valence electrons. The highest BCUT2D eigenvalue weighted by Gasteiger charge is 2.12. The fourth-order valence-corrected chi connectivity index (χ4v) is 3.27. The van der Waals surface area contributed by atoms with Crippen molar-refractivity contribution < 1.29 is 4.74 Å².